The van der Waals surface area contributed by atoms with Crippen LogP contribution in [0.5, 0.6) is 5.75 Å². The van der Waals surface area contributed by atoms with E-state index in [4.69, 9.17) is 4.74 Å². The Labute approximate surface area is 118 Å². The molecule has 0 atom stereocenters. The first-order valence-electron chi connectivity index (χ1n) is 5.71. The molecule has 0 aliphatic rings. The lowest BCUT2D eigenvalue weighted by molar-refractivity contribution is -0.138. The first kappa shape index (κ1) is 16.0. The van der Waals surface area contributed by atoms with Gasteiger partial charge in [0.1, 0.15) is 12.4 Å². The predicted octanol–water partition coefficient (Wildman–Crippen LogP) is 4.10. The van der Waals surface area contributed by atoms with E-state index in [2.05, 4.69) is 27.8 Å². The highest BCUT2D eigenvalue weighted by Crippen LogP contribution is 2.37. The number of rotatable bonds is 6. The van der Waals surface area contributed by atoms with E-state index in [1.54, 1.807) is 6.07 Å². The van der Waals surface area contributed by atoms with Gasteiger partial charge in [-0.15, -0.1) is 0 Å². The van der Waals surface area contributed by atoms with Gasteiger partial charge in [0.25, 0.3) is 0 Å². The van der Waals surface area contributed by atoms with E-state index in [0.29, 0.717) is 23.1 Å². The van der Waals surface area contributed by atoms with Crippen molar-refractivity contribution < 1.29 is 17.9 Å². The van der Waals surface area contributed by atoms with Crippen molar-refractivity contribution in [3.63, 3.8) is 0 Å². The predicted molar refractivity (Wildman–Crippen MR) is 72.4 cm³/mol. The summed E-state index contributed by atoms with van der Waals surface area (Å²) in [6.45, 7) is 6.50. The Balaban J connectivity index is 2.99. The molecule has 0 heterocycles. The number of benzene rings is 1. The van der Waals surface area contributed by atoms with Gasteiger partial charge in [0, 0.05) is 11.0 Å². The maximum atomic E-state index is 12.9. The second kappa shape index (κ2) is 6.96. The molecular weight excluding hydrogens is 323 g/mol. The smallest absolute Gasteiger partial charge is 0.419 e. The molecule has 0 fully saturated rings. The van der Waals surface area contributed by atoms with Gasteiger partial charge in [0.15, 0.2) is 0 Å². The molecule has 106 valence electrons. The molecule has 19 heavy (non-hydrogen) atoms. The van der Waals surface area contributed by atoms with Gasteiger partial charge in [0.05, 0.1) is 5.56 Å². The number of hydrogen-bond donors (Lipinski definition) is 1. The van der Waals surface area contributed by atoms with E-state index in [-0.39, 0.29) is 12.4 Å². The molecular formula is C13H15BrF3NO. The summed E-state index contributed by atoms with van der Waals surface area (Å²) in [7, 11) is 0. The van der Waals surface area contributed by atoms with Crippen LogP contribution in [0.3, 0.4) is 0 Å². The fraction of sp³-hybridized carbons (Fsp3) is 0.385. The van der Waals surface area contributed by atoms with Crippen LogP contribution in [0.1, 0.15) is 18.1 Å². The second-order valence-corrected chi connectivity index (χ2v) is 5.04. The Morgan fingerprint density at radius 1 is 1.42 bits per heavy atom. The molecule has 2 nitrogen and oxygen atoms in total. The Bertz CT molecular complexity index is 446. The number of alkyl halides is 3. The maximum absolute atomic E-state index is 12.9. The third-order valence-electron chi connectivity index (χ3n) is 2.31. The molecule has 0 amide bonds. The van der Waals surface area contributed by atoms with E-state index >= 15 is 0 Å². The molecule has 0 unspecified atom stereocenters. The average Bonchev–Trinajstić information content (AvgIpc) is 2.33. The van der Waals surface area contributed by atoms with Crippen LogP contribution in [-0.4, -0.2) is 13.2 Å². The molecule has 0 spiro atoms. The van der Waals surface area contributed by atoms with Crippen LogP contribution in [0.4, 0.5) is 13.2 Å². The van der Waals surface area contributed by atoms with Crippen LogP contribution < -0.4 is 10.1 Å². The monoisotopic (exact) mass is 337 g/mol. The first-order valence-corrected chi connectivity index (χ1v) is 6.50. The van der Waals surface area contributed by atoms with Crippen molar-refractivity contribution in [2.45, 2.75) is 19.6 Å². The molecule has 1 aromatic rings. The van der Waals surface area contributed by atoms with Gasteiger partial charge in [-0.25, -0.2) is 0 Å². The normalized spacial score (nSPS) is 11.4. The van der Waals surface area contributed by atoms with Crippen LogP contribution in [0.2, 0.25) is 0 Å². The third kappa shape index (κ3) is 5.24. The highest BCUT2D eigenvalue weighted by molar-refractivity contribution is 9.11. The standard InChI is InChI=1S/C13H15BrF3NO/c1-3-18-7-10-4-5-12(19-8-9(2)14)11(6-10)13(15,16)17/h4-6,18H,2-3,7-8H2,1H3. The highest BCUT2D eigenvalue weighted by Gasteiger charge is 2.34. The Morgan fingerprint density at radius 2 is 2.11 bits per heavy atom. The van der Waals surface area contributed by atoms with Crippen molar-refractivity contribution in [1.29, 1.82) is 0 Å². The number of hydrogen-bond acceptors (Lipinski definition) is 2. The van der Waals surface area contributed by atoms with Gasteiger partial charge in [-0.2, -0.15) is 13.2 Å². The van der Waals surface area contributed by atoms with E-state index in [9.17, 15) is 13.2 Å². The maximum Gasteiger partial charge on any atom is 0.419 e. The quantitative estimate of drug-likeness (QED) is 0.843. The van der Waals surface area contributed by atoms with Gasteiger partial charge in [-0.1, -0.05) is 35.5 Å². The van der Waals surface area contributed by atoms with E-state index in [0.717, 1.165) is 6.07 Å². The number of ether oxygens (including phenoxy) is 1. The third-order valence-corrected chi connectivity index (χ3v) is 2.54. The van der Waals surface area contributed by atoms with Crippen molar-refractivity contribution in [1.82, 2.24) is 5.32 Å². The van der Waals surface area contributed by atoms with E-state index in [1.807, 2.05) is 6.92 Å². The van der Waals surface area contributed by atoms with Gasteiger partial charge >= 0.3 is 6.18 Å². The Hall–Kier alpha value is -1.01. The van der Waals surface area contributed by atoms with Crippen LogP contribution >= 0.6 is 15.9 Å². The van der Waals surface area contributed by atoms with Gasteiger partial charge in [0.2, 0.25) is 0 Å². The van der Waals surface area contributed by atoms with Crippen molar-refractivity contribution in [3.8, 4) is 5.75 Å². The van der Waals surface area contributed by atoms with Crippen molar-refractivity contribution in [2.75, 3.05) is 13.2 Å². The zero-order valence-electron chi connectivity index (χ0n) is 10.5. The molecule has 0 saturated carbocycles. The summed E-state index contributed by atoms with van der Waals surface area (Å²) in [6.07, 6.45) is -4.44. The summed E-state index contributed by atoms with van der Waals surface area (Å²) < 4.78 is 44.4. The summed E-state index contributed by atoms with van der Waals surface area (Å²) in [5.74, 6) is -0.187. The van der Waals surface area contributed by atoms with Crippen molar-refractivity contribution in [2.24, 2.45) is 0 Å². The molecule has 6 heteroatoms. The number of nitrogens with one attached hydrogen (secondary N) is 1. The summed E-state index contributed by atoms with van der Waals surface area (Å²) in [6, 6.07) is 4.06. The van der Waals surface area contributed by atoms with Gasteiger partial charge < -0.3 is 10.1 Å². The van der Waals surface area contributed by atoms with E-state index < -0.39 is 11.7 Å². The molecule has 0 bridgehead atoms. The van der Waals surface area contributed by atoms with Crippen molar-refractivity contribution >= 4 is 15.9 Å². The van der Waals surface area contributed by atoms with Crippen LogP contribution in [0, 0.1) is 0 Å². The summed E-state index contributed by atoms with van der Waals surface area (Å²) in [5.41, 5.74) is -0.198. The minimum absolute atomic E-state index is 0.00433. The largest absolute Gasteiger partial charge is 0.488 e. The fourth-order valence-electron chi connectivity index (χ4n) is 1.46. The van der Waals surface area contributed by atoms with Crippen LogP contribution in [0.25, 0.3) is 0 Å². The fourth-order valence-corrected chi connectivity index (χ4v) is 1.57. The lowest BCUT2D eigenvalue weighted by Gasteiger charge is -2.15. The zero-order chi connectivity index (χ0) is 14.5. The summed E-state index contributed by atoms with van der Waals surface area (Å²) >= 11 is 3.04. The lowest BCUT2D eigenvalue weighted by atomic mass is 10.1. The molecule has 1 rings (SSSR count). The topological polar surface area (TPSA) is 21.3 Å². The molecule has 0 aromatic heterocycles. The minimum atomic E-state index is -4.44. The van der Waals surface area contributed by atoms with E-state index in [1.165, 1.54) is 6.07 Å². The molecule has 0 saturated heterocycles. The molecule has 1 N–H and O–H groups in total. The zero-order valence-corrected chi connectivity index (χ0v) is 12.1. The average molecular weight is 338 g/mol. The van der Waals surface area contributed by atoms with Gasteiger partial charge in [-0.3, -0.25) is 0 Å². The molecule has 1 aromatic carbocycles. The van der Waals surface area contributed by atoms with Crippen molar-refractivity contribution in [3.05, 3.63) is 40.4 Å². The molecule has 0 aliphatic heterocycles. The lowest BCUT2D eigenvalue weighted by Crippen LogP contribution is -2.14. The first-order chi connectivity index (χ1) is 8.84. The Kier molecular flexibility index (Phi) is 5.87. The van der Waals surface area contributed by atoms with Crippen LogP contribution in [-0.2, 0) is 12.7 Å². The Morgan fingerprint density at radius 3 is 2.63 bits per heavy atom. The van der Waals surface area contributed by atoms with Gasteiger partial charge in [-0.05, 0) is 24.2 Å². The number of halogens is 4. The summed E-state index contributed by atoms with van der Waals surface area (Å²) in [5, 5.41) is 2.98. The SMILES string of the molecule is C=C(Br)COc1ccc(CNCC)cc1C(F)(F)F. The minimum Gasteiger partial charge on any atom is -0.488 e. The second-order valence-electron chi connectivity index (χ2n) is 3.91. The molecule has 0 aliphatic carbocycles. The van der Waals surface area contributed by atoms with Crippen LogP contribution in [0.15, 0.2) is 29.3 Å². The summed E-state index contributed by atoms with van der Waals surface area (Å²) in [4.78, 5) is 0. The highest BCUT2D eigenvalue weighted by atomic mass is 79.9. The molecule has 0 radical (unpaired) electrons.